The molecule has 0 radical (unpaired) electrons. The van der Waals surface area contributed by atoms with Crippen molar-refractivity contribution in [1.82, 2.24) is 0 Å². The number of ether oxygens (including phenoxy) is 1. The lowest BCUT2D eigenvalue weighted by molar-refractivity contribution is 0.0574. The van der Waals surface area contributed by atoms with Crippen LogP contribution in [0.3, 0.4) is 0 Å². The van der Waals surface area contributed by atoms with Crippen molar-refractivity contribution in [3.8, 4) is 0 Å². The highest BCUT2D eigenvalue weighted by Crippen LogP contribution is 2.30. The minimum atomic E-state index is -3.69. The minimum absolute atomic E-state index is 0.197. The number of hydrogen-bond acceptors (Lipinski definition) is 3. The average Bonchev–Trinajstić information content (AvgIpc) is 2.33. The van der Waals surface area contributed by atoms with Crippen LogP contribution in [0.5, 0.6) is 0 Å². The number of halogens is 3. The Morgan fingerprint density at radius 1 is 1.42 bits per heavy atom. The van der Waals surface area contributed by atoms with Crippen LogP contribution in [0.15, 0.2) is 18.2 Å². The molecule has 7 heteroatoms. The van der Waals surface area contributed by atoms with Crippen molar-refractivity contribution >= 4 is 31.3 Å². The highest BCUT2D eigenvalue weighted by Gasteiger charge is 2.35. The first-order chi connectivity index (χ1) is 8.89. The molecule has 0 aromatic heterocycles. The van der Waals surface area contributed by atoms with Gasteiger partial charge in [-0.25, -0.2) is 12.8 Å². The first-order valence-electron chi connectivity index (χ1n) is 5.83. The van der Waals surface area contributed by atoms with Gasteiger partial charge in [0.05, 0.1) is 11.9 Å². The van der Waals surface area contributed by atoms with Crippen LogP contribution < -0.4 is 0 Å². The van der Waals surface area contributed by atoms with E-state index in [0.717, 1.165) is 0 Å². The molecule has 0 bridgehead atoms. The topological polar surface area (TPSA) is 43.4 Å². The van der Waals surface area contributed by atoms with Crippen LogP contribution in [0.1, 0.15) is 12.0 Å². The van der Waals surface area contributed by atoms with Crippen LogP contribution >= 0.6 is 22.3 Å². The zero-order chi connectivity index (χ0) is 14.0. The molecule has 1 aromatic rings. The van der Waals surface area contributed by atoms with Crippen molar-refractivity contribution in [3.63, 3.8) is 0 Å². The second-order valence-electron chi connectivity index (χ2n) is 4.54. The fourth-order valence-electron chi connectivity index (χ4n) is 2.33. The predicted octanol–water partition coefficient (Wildman–Crippen LogP) is 3.00. The molecule has 1 heterocycles. The Labute approximate surface area is 121 Å². The van der Waals surface area contributed by atoms with Crippen LogP contribution in [0.4, 0.5) is 4.39 Å². The van der Waals surface area contributed by atoms with E-state index in [9.17, 15) is 12.8 Å². The standard InChI is InChI=1S/C12H13Cl2FO3S/c13-10-2-1-3-11(15)9(10)6-8-7-18-5-4-12(8)19(14,16)17/h1-3,8,12H,4-7H2/t8-,12-/m1/s1. The lowest BCUT2D eigenvalue weighted by Gasteiger charge is -2.29. The first kappa shape index (κ1) is 15.0. The van der Waals surface area contributed by atoms with Crippen molar-refractivity contribution < 1.29 is 17.5 Å². The lowest BCUT2D eigenvalue weighted by atomic mass is 9.93. The molecule has 1 saturated heterocycles. The second kappa shape index (κ2) is 5.95. The summed E-state index contributed by atoms with van der Waals surface area (Å²) in [5.41, 5.74) is 0.310. The zero-order valence-electron chi connectivity index (χ0n) is 9.98. The third kappa shape index (κ3) is 3.60. The van der Waals surface area contributed by atoms with Gasteiger partial charge in [0.15, 0.2) is 0 Å². The summed E-state index contributed by atoms with van der Waals surface area (Å²) >= 11 is 5.95. The van der Waals surface area contributed by atoms with Gasteiger partial charge in [0.25, 0.3) is 0 Å². The summed E-state index contributed by atoms with van der Waals surface area (Å²) in [5.74, 6) is -0.825. The van der Waals surface area contributed by atoms with Gasteiger partial charge in [0.1, 0.15) is 5.82 Å². The van der Waals surface area contributed by atoms with E-state index in [1.807, 2.05) is 0 Å². The molecule has 3 nitrogen and oxygen atoms in total. The largest absolute Gasteiger partial charge is 0.381 e. The molecular weight excluding hydrogens is 314 g/mol. The fourth-order valence-corrected chi connectivity index (χ4v) is 4.28. The molecule has 19 heavy (non-hydrogen) atoms. The Morgan fingerprint density at radius 2 is 2.16 bits per heavy atom. The molecule has 1 aromatic carbocycles. The fraction of sp³-hybridized carbons (Fsp3) is 0.500. The van der Waals surface area contributed by atoms with Crippen molar-refractivity contribution in [1.29, 1.82) is 0 Å². The van der Waals surface area contributed by atoms with Gasteiger partial charge in [-0.05, 0) is 25.0 Å². The van der Waals surface area contributed by atoms with E-state index in [2.05, 4.69) is 0 Å². The van der Waals surface area contributed by atoms with Crippen molar-refractivity contribution in [2.45, 2.75) is 18.1 Å². The highest BCUT2D eigenvalue weighted by molar-refractivity contribution is 8.14. The molecule has 0 saturated carbocycles. The summed E-state index contributed by atoms with van der Waals surface area (Å²) in [5, 5.41) is -0.435. The van der Waals surface area contributed by atoms with E-state index >= 15 is 0 Å². The molecule has 1 aliphatic rings. The van der Waals surface area contributed by atoms with Gasteiger partial charge in [-0.3, -0.25) is 0 Å². The average molecular weight is 327 g/mol. The highest BCUT2D eigenvalue weighted by atomic mass is 35.7. The Bertz CT molecular complexity index is 542. The van der Waals surface area contributed by atoms with Crippen LogP contribution in [0.2, 0.25) is 5.02 Å². The molecule has 0 aliphatic carbocycles. The Balaban J connectivity index is 2.25. The third-order valence-corrected chi connectivity index (χ3v) is 5.68. The maximum Gasteiger partial charge on any atom is 0.235 e. The monoisotopic (exact) mass is 326 g/mol. The molecule has 0 unspecified atom stereocenters. The number of hydrogen-bond donors (Lipinski definition) is 0. The molecule has 106 valence electrons. The molecule has 0 spiro atoms. The summed E-state index contributed by atoms with van der Waals surface area (Å²) < 4.78 is 42.1. The molecule has 2 rings (SSSR count). The summed E-state index contributed by atoms with van der Waals surface area (Å²) in [7, 11) is 1.75. The van der Waals surface area contributed by atoms with Crippen LogP contribution in [-0.2, 0) is 20.2 Å². The number of benzene rings is 1. The van der Waals surface area contributed by atoms with Crippen molar-refractivity contribution in [3.05, 3.63) is 34.6 Å². The van der Waals surface area contributed by atoms with Crippen molar-refractivity contribution in [2.75, 3.05) is 13.2 Å². The molecule has 0 amide bonds. The van der Waals surface area contributed by atoms with Gasteiger partial charge in [0, 0.05) is 33.8 Å². The van der Waals surface area contributed by atoms with Gasteiger partial charge >= 0.3 is 0 Å². The van der Waals surface area contributed by atoms with Crippen LogP contribution in [0.25, 0.3) is 0 Å². The summed E-state index contributed by atoms with van der Waals surface area (Å²) in [6.07, 6.45) is 0.519. The Hall–Kier alpha value is -0.360. The van der Waals surface area contributed by atoms with E-state index in [0.29, 0.717) is 18.6 Å². The lowest BCUT2D eigenvalue weighted by Crippen LogP contribution is -2.37. The van der Waals surface area contributed by atoms with Crippen molar-refractivity contribution in [2.24, 2.45) is 5.92 Å². The van der Waals surface area contributed by atoms with E-state index in [1.54, 1.807) is 6.07 Å². The maximum atomic E-state index is 13.7. The summed E-state index contributed by atoms with van der Waals surface area (Å²) in [6, 6.07) is 4.39. The molecule has 0 N–H and O–H groups in total. The second-order valence-corrected chi connectivity index (χ2v) is 7.80. The van der Waals surface area contributed by atoms with Crippen LogP contribution in [0, 0.1) is 11.7 Å². The summed E-state index contributed by atoms with van der Waals surface area (Å²) in [6.45, 7) is 0.583. The van der Waals surface area contributed by atoms with Gasteiger partial charge < -0.3 is 4.74 Å². The molecule has 1 fully saturated rings. The van der Waals surface area contributed by atoms with Gasteiger partial charge in [-0.15, -0.1) is 0 Å². The van der Waals surface area contributed by atoms with Crippen LogP contribution in [-0.4, -0.2) is 26.9 Å². The summed E-state index contributed by atoms with van der Waals surface area (Å²) in [4.78, 5) is 0. The predicted molar refractivity (Wildman–Crippen MR) is 72.6 cm³/mol. The number of rotatable bonds is 3. The Kier molecular flexibility index (Phi) is 4.71. The SMILES string of the molecule is O=S(=O)(Cl)[C@@H]1CCOC[C@H]1Cc1c(F)cccc1Cl. The maximum absolute atomic E-state index is 13.7. The quantitative estimate of drug-likeness (QED) is 0.802. The zero-order valence-corrected chi connectivity index (χ0v) is 12.3. The van der Waals surface area contributed by atoms with E-state index < -0.39 is 20.1 Å². The molecular formula is C12H13Cl2FO3S. The van der Waals surface area contributed by atoms with Gasteiger partial charge in [0.2, 0.25) is 9.05 Å². The minimum Gasteiger partial charge on any atom is -0.381 e. The smallest absolute Gasteiger partial charge is 0.235 e. The molecule has 1 aliphatic heterocycles. The van der Waals surface area contributed by atoms with Gasteiger partial charge in [-0.2, -0.15) is 0 Å². The first-order valence-corrected chi connectivity index (χ1v) is 8.58. The van der Waals surface area contributed by atoms with E-state index in [4.69, 9.17) is 27.0 Å². The van der Waals surface area contributed by atoms with E-state index in [1.165, 1.54) is 12.1 Å². The molecule has 2 atom stereocenters. The van der Waals surface area contributed by atoms with E-state index in [-0.39, 0.29) is 24.0 Å². The van der Waals surface area contributed by atoms with Gasteiger partial charge in [-0.1, -0.05) is 17.7 Å². The third-order valence-electron chi connectivity index (χ3n) is 3.29. The normalized spacial score (nSPS) is 24.4. The Morgan fingerprint density at radius 3 is 2.79 bits per heavy atom.